The van der Waals surface area contributed by atoms with Gasteiger partial charge in [0.15, 0.2) is 0 Å². The second-order valence-electron chi connectivity index (χ2n) is 5.22. The van der Waals surface area contributed by atoms with E-state index in [9.17, 15) is 0 Å². The van der Waals surface area contributed by atoms with E-state index in [4.69, 9.17) is 5.73 Å². The third-order valence-electron chi connectivity index (χ3n) is 3.93. The molecule has 0 radical (unpaired) electrons. The number of nitrogens with two attached hydrogens (primary N) is 1. The zero-order valence-corrected chi connectivity index (χ0v) is 11.9. The van der Waals surface area contributed by atoms with E-state index in [1.165, 1.54) is 16.7 Å². The summed E-state index contributed by atoms with van der Waals surface area (Å²) in [4.78, 5) is 0. The van der Waals surface area contributed by atoms with Crippen molar-refractivity contribution < 1.29 is 0 Å². The first-order chi connectivity index (χ1) is 9.18. The van der Waals surface area contributed by atoms with Crippen molar-refractivity contribution in [1.82, 2.24) is 0 Å². The molecule has 0 saturated heterocycles. The van der Waals surface area contributed by atoms with Crippen molar-refractivity contribution in [3.8, 4) is 0 Å². The summed E-state index contributed by atoms with van der Waals surface area (Å²) in [7, 11) is 0. The molecular weight excluding hydrogens is 230 g/mol. The Morgan fingerprint density at radius 3 is 2.00 bits per heavy atom. The Kier molecular flexibility index (Phi) is 4.39. The molecule has 2 rings (SSSR count). The molecule has 19 heavy (non-hydrogen) atoms. The van der Waals surface area contributed by atoms with Crippen LogP contribution in [0.4, 0.5) is 0 Å². The van der Waals surface area contributed by atoms with Crippen molar-refractivity contribution in [1.29, 1.82) is 0 Å². The lowest BCUT2D eigenvalue weighted by Crippen LogP contribution is -2.38. The van der Waals surface area contributed by atoms with E-state index in [0.717, 1.165) is 19.3 Å². The van der Waals surface area contributed by atoms with Crippen LogP contribution in [-0.4, -0.2) is 0 Å². The molecule has 0 aromatic heterocycles. The minimum absolute atomic E-state index is 0.270. The van der Waals surface area contributed by atoms with Gasteiger partial charge in [-0.3, -0.25) is 0 Å². The quantitative estimate of drug-likeness (QED) is 0.854. The molecule has 1 atom stereocenters. The lowest BCUT2D eigenvalue weighted by atomic mass is 9.82. The average Bonchev–Trinajstić information content (AvgIpc) is 2.48. The number of aryl methyl sites for hydroxylation is 1. The van der Waals surface area contributed by atoms with Gasteiger partial charge in [-0.05, 0) is 36.0 Å². The molecule has 0 aliphatic rings. The summed E-state index contributed by atoms with van der Waals surface area (Å²) >= 11 is 0. The zero-order valence-electron chi connectivity index (χ0n) is 11.9. The van der Waals surface area contributed by atoms with Crippen molar-refractivity contribution >= 4 is 0 Å². The summed E-state index contributed by atoms with van der Waals surface area (Å²) in [6.45, 7) is 4.34. The smallest absolute Gasteiger partial charge is 0.0447 e. The Labute approximate surface area is 116 Å². The molecule has 0 aliphatic carbocycles. The van der Waals surface area contributed by atoms with E-state index in [2.05, 4.69) is 62.4 Å². The van der Waals surface area contributed by atoms with Gasteiger partial charge < -0.3 is 5.73 Å². The van der Waals surface area contributed by atoms with E-state index >= 15 is 0 Å². The van der Waals surface area contributed by atoms with Gasteiger partial charge in [-0.2, -0.15) is 0 Å². The fourth-order valence-electron chi connectivity index (χ4n) is 2.46. The first-order valence-electron chi connectivity index (χ1n) is 7.10. The normalized spacial score (nSPS) is 14.1. The van der Waals surface area contributed by atoms with Crippen LogP contribution in [0.3, 0.4) is 0 Å². The highest BCUT2D eigenvalue weighted by Gasteiger charge is 2.25. The van der Waals surface area contributed by atoms with Gasteiger partial charge in [0.25, 0.3) is 0 Å². The van der Waals surface area contributed by atoms with Crippen molar-refractivity contribution in [2.24, 2.45) is 5.73 Å². The Balaban J connectivity index is 2.25. The molecule has 0 saturated carbocycles. The van der Waals surface area contributed by atoms with Crippen LogP contribution in [0.5, 0.6) is 0 Å². The van der Waals surface area contributed by atoms with Crippen LogP contribution in [0.15, 0.2) is 54.6 Å². The molecule has 2 aromatic rings. The topological polar surface area (TPSA) is 26.0 Å². The third-order valence-corrected chi connectivity index (χ3v) is 3.93. The van der Waals surface area contributed by atoms with Crippen molar-refractivity contribution in [2.75, 3.05) is 0 Å². The lowest BCUT2D eigenvalue weighted by Gasteiger charge is -2.29. The van der Waals surface area contributed by atoms with Gasteiger partial charge in [-0.1, -0.05) is 68.4 Å². The fourth-order valence-corrected chi connectivity index (χ4v) is 2.46. The highest BCUT2D eigenvalue weighted by Crippen LogP contribution is 2.27. The molecule has 0 spiro atoms. The van der Waals surface area contributed by atoms with Gasteiger partial charge >= 0.3 is 0 Å². The summed E-state index contributed by atoms with van der Waals surface area (Å²) in [5.74, 6) is 0. The molecule has 0 heterocycles. The van der Waals surface area contributed by atoms with Gasteiger partial charge in [-0.15, -0.1) is 0 Å². The number of hydrogen-bond acceptors (Lipinski definition) is 1. The molecule has 0 amide bonds. The molecule has 1 nitrogen and oxygen atoms in total. The molecule has 0 fully saturated rings. The first kappa shape index (κ1) is 13.8. The maximum absolute atomic E-state index is 6.64. The molecule has 2 N–H and O–H groups in total. The molecule has 1 unspecified atom stereocenters. The Morgan fingerprint density at radius 2 is 1.47 bits per heavy atom. The van der Waals surface area contributed by atoms with E-state index < -0.39 is 0 Å². The van der Waals surface area contributed by atoms with E-state index in [1.807, 2.05) is 6.07 Å². The summed E-state index contributed by atoms with van der Waals surface area (Å²) in [5, 5.41) is 0. The predicted octanol–water partition coefficient (Wildman–Crippen LogP) is 4.06. The minimum Gasteiger partial charge on any atom is -0.321 e. The van der Waals surface area contributed by atoms with Crippen molar-refractivity contribution in [2.45, 2.75) is 38.6 Å². The molecule has 0 bridgehead atoms. The van der Waals surface area contributed by atoms with Crippen LogP contribution in [0.1, 0.15) is 37.0 Å². The molecule has 2 aromatic carbocycles. The molecule has 0 aliphatic heterocycles. The van der Waals surface area contributed by atoms with Crippen LogP contribution in [0, 0.1) is 0 Å². The van der Waals surface area contributed by atoms with E-state index in [0.29, 0.717) is 0 Å². The van der Waals surface area contributed by atoms with Crippen LogP contribution in [0.25, 0.3) is 0 Å². The highest BCUT2D eigenvalue weighted by atomic mass is 14.7. The summed E-state index contributed by atoms with van der Waals surface area (Å²) < 4.78 is 0. The highest BCUT2D eigenvalue weighted by molar-refractivity contribution is 5.31. The molecule has 100 valence electrons. The SMILES string of the molecule is CCc1ccc(C(N)(CC)Cc2ccccc2)cc1. The van der Waals surface area contributed by atoms with E-state index in [-0.39, 0.29) is 5.54 Å². The maximum atomic E-state index is 6.64. The monoisotopic (exact) mass is 253 g/mol. The van der Waals surface area contributed by atoms with E-state index in [1.54, 1.807) is 0 Å². The molecular formula is C18H23N. The van der Waals surface area contributed by atoms with Gasteiger partial charge in [0.1, 0.15) is 0 Å². The third kappa shape index (κ3) is 3.24. The maximum Gasteiger partial charge on any atom is 0.0447 e. The van der Waals surface area contributed by atoms with Crippen molar-refractivity contribution in [3.63, 3.8) is 0 Å². The Bertz CT molecular complexity index is 501. The van der Waals surface area contributed by atoms with Gasteiger partial charge in [0.2, 0.25) is 0 Å². The van der Waals surface area contributed by atoms with Gasteiger partial charge in [-0.25, -0.2) is 0 Å². The summed E-state index contributed by atoms with van der Waals surface area (Å²) in [6, 6.07) is 19.3. The van der Waals surface area contributed by atoms with Crippen LogP contribution in [0.2, 0.25) is 0 Å². The van der Waals surface area contributed by atoms with Crippen LogP contribution < -0.4 is 5.73 Å². The lowest BCUT2D eigenvalue weighted by molar-refractivity contribution is 0.425. The summed E-state index contributed by atoms with van der Waals surface area (Å²) in [6.07, 6.45) is 2.89. The first-order valence-corrected chi connectivity index (χ1v) is 7.10. The second-order valence-corrected chi connectivity index (χ2v) is 5.22. The number of benzene rings is 2. The average molecular weight is 253 g/mol. The van der Waals surface area contributed by atoms with Crippen molar-refractivity contribution in [3.05, 3.63) is 71.3 Å². The molecule has 1 heteroatoms. The van der Waals surface area contributed by atoms with Crippen LogP contribution >= 0.6 is 0 Å². The fraction of sp³-hybridized carbons (Fsp3) is 0.333. The zero-order chi connectivity index (χ0) is 13.7. The van der Waals surface area contributed by atoms with Gasteiger partial charge in [0, 0.05) is 5.54 Å². The van der Waals surface area contributed by atoms with Gasteiger partial charge in [0.05, 0.1) is 0 Å². The standard InChI is InChI=1S/C18H23N/c1-3-15-10-12-17(13-11-15)18(19,4-2)14-16-8-6-5-7-9-16/h5-13H,3-4,14,19H2,1-2H3. The second kappa shape index (κ2) is 6.03. The number of rotatable bonds is 5. The summed E-state index contributed by atoms with van der Waals surface area (Å²) in [5.41, 5.74) is 10.3. The minimum atomic E-state index is -0.270. The number of hydrogen-bond donors (Lipinski definition) is 1. The largest absolute Gasteiger partial charge is 0.321 e. The van der Waals surface area contributed by atoms with Crippen LogP contribution in [-0.2, 0) is 18.4 Å². The Hall–Kier alpha value is -1.60. The Morgan fingerprint density at radius 1 is 0.842 bits per heavy atom. The predicted molar refractivity (Wildman–Crippen MR) is 82.1 cm³/mol.